The second kappa shape index (κ2) is 6.51. The fourth-order valence-electron chi connectivity index (χ4n) is 2.65. The number of nitriles is 1. The molecular weight excluding hydrogens is 222 g/mol. The molecule has 2 atom stereocenters. The monoisotopic (exact) mass is 243 g/mol. The van der Waals surface area contributed by atoms with Gasteiger partial charge < -0.3 is 5.32 Å². The molecule has 0 spiro atoms. The third kappa shape index (κ3) is 3.30. The highest BCUT2D eigenvalue weighted by atomic mass is 14.9. The first kappa shape index (κ1) is 13.0. The lowest BCUT2D eigenvalue weighted by Gasteiger charge is -2.21. The molecule has 1 aliphatic carbocycles. The third-order valence-corrected chi connectivity index (χ3v) is 3.87. The fourth-order valence-corrected chi connectivity index (χ4v) is 2.65. The third-order valence-electron chi connectivity index (χ3n) is 3.87. The van der Waals surface area contributed by atoms with E-state index in [4.69, 9.17) is 0 Å². The molecule has 96 valence electrons. The zero-order chi connectivity index (χ0) is 12.8. The average Bonchev–Trinajstić information content (AvgIpc) is 2.62. The molecule has 1 aromatic heterocycles. The summed E-state index contributed by atoms with van der Waals surface area (Å²) >= 11 is 0. The topological polar surface area (TPSA) is 48.7 Å². The summed E-state index contributed by atoms with van der Waals surface area (Å²) in [6.07, 6.45) is 9.61. The number of rotatable bonds is 3. The van der Waals surface area contributed by atoms with Crippen molar-refractivity contribution < 1.29 is 0 Å². The summed E-state index contributed by atoms with van der Waals surface area (Å²) in [5.74, 6) is 0.176. The van der Waals surface area contributed by atoms with Crippen LogP contribution >= 0.6 is 0 Å². The number of hydrogen-bond donors (Lipinski definition) is 1. The number of aromatic nitrogens is 1. The van der Waals surface area contributed by atoms with Crippen LogP contribution in [0.15, 0.2) is 18.5 Å². The average molecular weight is 243 g/mol. The Bertz CT molecular complexity index is 422. The molecule has 2 rings (SSSR count). The summed E-state index contributed by atoms with van der Waals surface area (Å²) in [5, 5.41) is 12.8. The van der Waals surface area contributed by atoms with Gasteiger partial charge >= 0.3 is 0 Å². The van der Waals surface area contributed by atoms with Crippen LogP contribution in [0.1, 0.15) is 43.2 Å². The molecule has 0 amide bonds. The van der Waals surface area contributed by atoms with Gasteiger partial charge in [0.1, 0.15) is 0 Å². The van der Waals surface area contributed by atoms with Crippen LogP contribution in [0.5, 0.6) is 0 Å². The Kier molecular flexibility index (Phi) is 4.72. The molecule has 1 fully saturated rings. The van der Waals surface area contributed by atoms with E-state index >= 15 is 0 Å². The van der Waals surface area contributed by atoms with E-state index in [2.05, 4.69) is 29.4 Å². The minimum absolute atomic E-state index is 0.176. The Labute approximate surface area is 109 Å². The Balaban J connectivity index is 1.96. The zero-order valence-electron chi connectivity index (χ0n) is 11.0. The predicted octanol–water partition coefficient (Wildman–Crippen LogP) is 2.95. The summed E-state index contributed by atoms with van der Waals surface area (Å²) in [6, 6.07) is 4.88. The van der Waals surface area contributed by atoms with Crippen molar-refractivity contribution in [3.05, 3.63) is 29.6 Å². The predicted molar refractivity (Wildman–Crippen MR) is 71.8 cm³/mol. The van der Waals surface area contributed by atoms with Gasteiger partial charge in [-0.15, -0.1) is 0 Å². The Hall–Kier alpha value is -1.40. The molecule has 1 heterocycles. The quantitative estimate of drug-likeness (QED) is 0.830. The summed E-state index contributed by atoms with van der Waals surface area (Å²) in [4.78, 5) is 4.11. The van der Waals surface area contributed by atoms with Crippen LogP contribution in [0.2, 0.25) is 0 Å². The Morgan fingerprint density at radius 2 is 2.22 bits per heavy atom. The second-order valence-electron chi connectivity index (χ2n) is 5.16. The number of aryl methyl sites for hydroxylation is 1. The summed E-state index contributed by atoms with van der Waals surface area (Å²) in [7, 11) is 0. The SMILES string of the molecule is Cc1cnccc1CNC1CCCCCC1C#N. The molecule has 3 nitrogen and oxygen atoms in total. The van der Waals surface area contributed by atoms with Crippen LogP contribution in [0.4, 0.5) is 0 Å². The van der Waals surface area contributed by atoms with Gasteiger partial charge in [0.25, 0.3) is 0 Å². The molecule has 3 heteroatoms. The molecule has 1 aliphatic rings. The van der Waals surface area contributed by atoms with Gasteiger partial charge in [-0.05, 0) is 37.0 Å². The van der Waals surface area contributed by atoms with E-state index in [0.29, 0.717) is 6.04 Å². The molecule has 0 saturated heterocycles. The first-order valence-corrected chi connectivity index (χ1v) is 6.83. The summed E-state index contributed by atoms with van der Waals surface area (Å²) in [5.41, 5.74) is 2.50. The molecule has 0 aliphatic heterocycles. The van der Waals surface area contributed by atoms with Crippen LogP contribution in [0.3, 0.4) is 0 Å². The Morgan fingerprint density at radius 1 is 1.39 bits per heavy atom. The van der Waals surface area contributed by atoms with E-state index in [9.17, 15) is 5.26 Å². The fraction of sp³-hybridized carbons (Fsp3) is 0.600. The first-order chi connectivity index (χ1) is 8.81. The highest BCUT2D eigenvalue weighted by Gasteiger charge is 2.22. The summed E-state index contributed by atoms with van der Waals surface area (Å²) in [6.45, 7) is 2.93. The molecule has 1 N–H and O–H groups in total. The largest absolute Gasteiger partial charge is 0.309 e. The van der Waals surface area contributed by atoms with Crippen molar-refractivity contribution >= 4 is 0 Å². The minimum atomic E-state index is 0.176. The molecule has 0 aromatic carbocycles. The lowest BCUT2D eigenvalue weighted by Crippen LogP contribution is -2.34. The van der Waals surface area contributed by atoms with Crippen LogP contribution in [-0.4, -0.2) is 11.0 Å². The van der Waals surface area contributed by atoms with Crippen molar-refractivity contribution in [2.45, 2.75) is 51.6 Å². The van der Waals surface area contributed by atoms with Gasteiger partial charge in [0, 0.05) is 25.0 Å². The van der Waals surface area contributed by atoms with Gasteiger partial charge in [-0.3, -0.25) is 4.98 Å². The Morgan fingerprint density at radius 3 is 3.00 bits per heavy atom. The minimum Gasteiger partial charge on any atom is -0.309 e. The summed E-state index contributed by atoms with van der Waals surface area (Å²) < 4.78 is 0. The van der Waals surface area contributed by atoms with Gasteiger partial charge in [0.05, 0.1) is 12.0 Å². The number of pyridine rings is 1. The smallest absolute Gasteiger partial charge is 0.0672 e. The van der Waals surface area contributed by atoms with E-state index in [-0.39, 0.29) is 5.92 Å². The zero-order valence-corrected chi connectivity index (χ0v) is 11.0. The lowest BCUT2D eigenvalue weighted by atomic mass is 9.96. The number of hydrogen-bond acceptors (Lipinski definition) is 3. The van der Waals surface area contributed by atoms with Crippen molar-refractivity contribution in [3.8, 4) is 6.07 Å². The molecule has 1 saturated carbocycles. The number of nitrogens with one attached hydrogen (secondary N) is 1. The highest BCUT2D eigenvalue weighted by molar-refractivity contribution is 5.21. The van der Waals surface area contributed by atoms with Crippen molar-refractivity contribution in [2.24, 2.45) is 5.92 Å². The molecular formula is C15H21N3. The van der Waals surface area contributed by atoms with Crippen molar-refractivity contribution in [3.63, 3.8) is 0 Å². The van der Waals surface area contributed by atoms with E-state index in [1.807, 2.05) is 12.4 Å². The van der Waals surface area contributed by atoms with Gasteiger partial charge in [-0.2, -0.15) is 5.26 Å². The molecule has 0 bridgehead atoms. The molecule has 1 aromatic rings. The van der Waals surface area contributed by atoms with Gasteiger partial charge in [-0.25, -0.2) is 0 Å². The van der Waals surface area contributed by atoms with Crippen molar-refractivity contribution in [1.82, 2.24) is 10.3 Å². The maximum Gasteiger partial charge on any atom is 0.0672 e. The van der Waals surface area contributed by atoms with Crippen molar-refractivity contribution in [2.75, 3.05) is 0 Å². The van der Waals surface area contributed by atoms with E-state index in [1.165, 1.54) is 30.4 Å². The lowest BCUT2D eigenvalue weighted by molar-refractivity contribution is 0.393. The van der Waals surface area contributed by atoms with E-state index < -0.39 is 0 Å². The maximum atomic E-state index is 9.24. The van der Waals surface area contributed by atoms with E-state index in [0.717, 1.165) is 19.4 Å². The van der Waals surface area contributed by atoms with Crippen LogP contribution in [0, 0.1) is 24.2 Å². The molecule has 2 unspecified atom stereocenters. The highest BCUT2D eigenvalue weighted by Crippen LogP contribution is 2.23. The maximum absolute atomic E-state index is 9.24. The van der Waals surface area contributed by atoms with Crippen molar-refractivity contribution in [1.29, 1.82) is 5.26 Å². The molecule has 18 heavy (non-hydrogen) atoms. The number of nitrogens with zero attached hydrogens (tertiary/aromatic N) is 2. The van der Waals surface area contributed by atoms with Crippen LogP contribution in [-0.2, 0) is 6.54 Å². The van der Waals surface area contributed by atoms with Crippen LogP contribution < -0.4 is 5.32 Å². The van der Waals surface area contributed by atoms with Gasteiger partial charge in [0.15, 0.2) is 0 Å². The van der Waals surface area contributed by atoms with Gasteiger partial charge in [-0.1, -0.05) is 19.3 Å². The molecule has 0 radical (unpaired) electrons. The van der Waals surface area contributed by atoms with Crippen LogP contribution in [0.25, 0.3) is 0 Å². The normalized spacial score (nSPS) is 24.2. The van der Waals surface area contributed by atoms with E-state index in [1.54, 1.807) is 0 Å². The van der Waals surface area contributed by atoms with Gasteiger partial charge in [0.2, 0.25) is 0 Å². The first-order valence-electron chi connectivity index (χ1n) is 6.83. The second-order valence-corrected chi connectivity index (χ2v) is 5.16. The standard InChI is InChI=1S/C15H21N3/c1-12-10-17-8-7-14(12)11-18-15-6-4-2-3-5-13(15)9-16/h7-8,10,13,15,18H,2-6,11H2,1H3.